The van der Waals surface area contributed by atoms with Gasteiger partial charge in [0, 0.05) is 10.7 Å². The largest absolute Gasteiger partial charge is 0.298 e. The van der Waals surface area contributed by atoms with Crippen molar-refractivity contribution in [3.63, 3.8) is 0 Å². The summed E-state index contributed by atoms with van der Waals surface area (Å²) < 4.78 is 0.680. The molecule has 0 radical (unpaired) electrons. The summed E-state index contributed by atoms with van der Waals surface area (Å²) in [5.74, 6) is -0.209. The van der Waals surface area contributed by atoms with E-state index >= 15 is 0 Å². The summed E-state index contributed by atoms with van der Waals surface area (Å²) in [6.45, 7) is 2.97. The van der Waals surface area contributed by atoms with Crippen molar-refractivity contribution in [2.75, 3.05) is 0 Å². The van der Waals surface area contributed by atoms with Crippen molar-refractivity contribution in [3.05, 3.63) is 28.5 Å². The molecular weight excluding hydrogens is 244 g/mol. The van der Waals surface area contributed by atoms with E-state index in [0.717, 1.165) is 0 Å². The minimum Gasteiger partial charge on any atom is -0.298 e. The van der Waals surface area contributed by atoms with Crippen LogP contribution in [0.1, 0.15) is 19.5 Å². The second kappa shape index (κ2) is 3.89. The molecule has 0 saturated heterocycles. The quantitative estimate of drug-likeness (QED) is 0.811. The van der Waals surface area contributed by atoms with Gasteiger partial charge in [-0.05, 0) is 41.9 Å². The van der Waals surface area contributed by atoms with Crippen LogP contribution in [0.2, 0.25) is 0 Å². The van der Waals surface area contributed by atoms with E-state index in [1.807, 2.05) is 6.07 Å². The molecule has 4 heteroatoms. The number of Topliss-reactive ketones (excluding diaryl/α,β-unsaturated/α-hetero) is 1. The number of nitrogens with zero attached hydrogens (tertiary/aromatic N) is 2. The SMILES string of the molecule is CC(=O)C(C)(C#N)c1ncccc1Br. The number of pyridine rings is 1. The Kier molecular flexibility index (Phi) is 3.02. The highest BCUT2D eigenvalue weighted by Crippen LogP contribution is 2.28. The summed E-state index contributed by atoms with van der Waals surface area (Å²) in [4.78, 5) is 15.4. The third kappa shape index (κ3) is 1.68. The van der Waals surface area contributed by atoms with Crippen molar-refractivity contribution in [2.45, 2.75) is 19.3 Å². The lowest BCUT2D eigenvalue weighted by atomic mass is 9.84. The van der Waals surface area contributed by atoms with Crippen molar-refractivity contribution in [1.29, 1.82) is 5.26 Å². The maximum absolute atomic E-state index is 11.4. The number of rotatable bonds is 2. The molecule has 72 valence electrons. The first kappa shape index (κ1) is 10.9. The van der Waals surface area contributed by atoms with Crippen molar-refractivity contribution >= 4 is 21.7 Å². The highest BCUT2D eigenvalue weighted by Gasteiger charge is 2.35. The Morgan fingerprint density at radius 3 is 2.79 bits per heavy atom. The van der Waals surface area contributed by atoms with Crippen LogP contribution >= 0.6 is 15.9 Å². The van der Waals surface area contributed by atoms with Gasteiger partial charge in [0.05, 0.1) is 11.8 Å². The molecule has 0 amide bonds. The van der Waals surface area contributed by atoms with E-state index in [1.165, 1.54) is 6.92 Å². The molecule has 1 heterocycles. The first-order valence-electron chi connectivity index (χ1n) is 4.05. The molecule has 0 aliphatic carbocycles. The highest BCUT2D eigenvalue weighted by atomic mass is 79.9. The number of carbonyl (C=O) groups is 1. The van der Waals surface area contributed by atoms with Crippen LogP contribution in [0.3, 0.4) is 0 Å². The van der Waals surface area contributed by atoms with Gasteiger partial charge in [0.1, 0.15) is 0 Å². The van der Waals surface area contributed by atoms with E-state index in [-0.39, 0.29) is 5.78 Å². The molecule has 0 saturated carbocycles. The lowest BCUT2D eigenvalue weighted by molar-refractivity contribution is -0.120. The molecule has 1 rings (SSSR count). The maximum atomic E-state index is 11.4. The van der Waals surface area contributed by atoms with Crippen LogP contribution in [-0.2, 0) is 10.2 Å². The summed E-state index contributed by atoms with van der Waals surface area (Å²) in [6, 6.07) is 5.50. The van der Waals surface area contributed by atoms with Crippen LogP contribution in [0.4, 0.5) is 0 Å². The van der Waals surface area contributed by atoms with E-state index in [4.69, 9.17) is 5.26 Å². The Labute approximate surface area is 90.9 Å². The molecule has 1 aromatic heterocycles. The topological polar surface area (TPSA) is 53.8 Å². The van der Waals surface area contributed by atoms with Gasteiger partial charge in [-0.25, -0.2) is 0 Å². The molecule has 14 heavy (non-hydrogen) atoms. The number of nitriles is 1. The van der Waals surface area contributed by atoms with Gasteiger partial charge in [-0.3, -0.25) is 9.78 Å². The van der Waals surface area contributed by atoms with Crippen LogP contribution < -0.4 is 0 Å². The van der Waals surface area contributed by atoms with Crippen molar-refractivity contribution in [1.82, 2.24) is 4.98 Å². The molecule has 1 aromatic rings. The molecule has 1 atom stereocenters. The van der Waals surface area contributed by atoms with Crippen molar-refractivity contribution in [2.24, 2.45) is 0 Å². The number of hydrogen-bond acceptors (Lipinski definition) is 3. The van der Waals surface area contributed by atoms with E-state index in [1.54, 1.807) is 25.3 Å². The van der Waals surface area contributed by atoms with E-state index in [9.17, 15) is 4.79 Å². The fourth-order valence-corrected chi connectivity index (χ4v) is 1.70. The van der Waals surface area contributed by atoms with E-state index in [0.29, 0.717) is 10.2 Å². The summed E-state index contributed by atoms with van der Waals surface area (Å²) in [7, 11) is 0. The van der Waals surface area contributed by atoms with Gasteiger partial charge in [0.2, 0.25) is 0 Å². The maximum Gasteiger partial charge on any atom is 0.155 e. The van der Waals surface area contributed by atoms with E-state index in [2.05, 4.69) is 20.9 Å². The van der Waals surface area contributed by atoms with Crippen molar-refractivity contribution < 1.29 is 4.79 Å². The van der Waals surface area contributed by atoms with Gasteiger partial charge in [0.15, 0.2) is 11.2 Å². The molecular formula is C10H9BrN2O. The molecule has 0 aliphatic heterocycles. The number of carbonyl (C=O) groups excluding carboxylic acids is 1. The molecule has 0 aliphatic rings. The lowest BCUT2D eigenvalue weighted by Crippen LogP contribution is -2.30. The Bertz CT molecular complexity index is 411. The minimum atomic E-state index is -1.17. The zero-order valence-electron chi connectivity index (χ0n) is 7.91. The number of ketones is 1. The van der Waals surface area contributed by atoms with Crippen molar-refractivity contribution in [3.8, 4) is 6.07 Å². The van der Waals surface area contributed by atoms with Gasteiger partial charge in [-0.2, -0.15) is 5.26 Å². The van der Waals surface area contributed by atoms with Gasteiger partial charge in [0.25, 0.3) is 0 Å². The van der Waals surface area contributed by atoms with Gasteiger partial charge >= 0.3 is 0 Å². The second-order valence-electron chi connectivity index (χ2n) is 3.13. The smallest absolute Gasteiger partial charge is 0.155 e. The lowest BCUT2D eigenvalue weighted by Gasteiger charge is -2.18. The average molecular weight is 253 g/mol. The fraction of sp³-hybridized carbons (Fsp3) is 0.300. The van der Waals surface area contributed by atoms with Crippen LogP contribution in [0, 0.1) is 11.3 Å². The van der Waals surface area contributed by atoms with Crippen LogP contribution in [0.15, 0.2) is 22.8 Å². The van der Waals surface area contributed by atoms with Crippen LogP contribution in [-0.4, -0.2) is 10.8 Å². The monoisotopic (exact) mass is 252 g/mol. The molecule has 0 bridgehead atoms. The minimum absolute atomic E-state index is 0.209. The predicted octanol–water partition coefficient (Wildman–Crippen LogP) is 2.21. The third-order valence-electron chi connectivity index (χ3n) is 2.16. The van der Waals surface area contributed by atoms with E-state index < -0.39 is 5.41 Å². The number of halogens is 1. The predicted molar refractivity (Wildman–Crippen MR) is 55.6 cm³/mol. The van der Waals surface area contributed by atoms with Gasteiger partial charge in [-0.1, -0.05) is 0 Å². The molecule has 0 N–H and O–H groups in total. The number of hydrogen-bond donors (Lipinski definition) is 0. The summed E-state index contributed by atoms with van der Waals surface area (Å²) in [5, 5.41) is 9.00. The first-order valence-corrected chi connectivity index (χ1v) is 4.85. The summed E-state index contributed by atoms with van der Waals surface area (Å²) in [6.07, 6.45) is 1.57. The number of aromatic nitrogens is 1. The molecule has 0 spiro atoms. The summed E-state index contributed by atoms with van der Waals surface area (Å²) in [5.41, 5.74) is -0.699. The van der Waals surface area contributed by atoms with Crippen LogP contribution in [0.5, 0.6) is 0 Å². The van der Waals surface area contributed by atoms with Gasteiger partial charge in [-0.15, -0.1) is 0 Å². The average Bonchev–Trinajstić information content (AvgIpc) is 2.17. The fourth-order valence-electron chi connectivity index (χ4n) is 1.05. The molecule has 0 fully saturated rings. The van der Waals surface area contributed by atoms with Gasteiger partial charge < -0.3 is 0 Å². The van der Waals surface area contributed by atoms with Crippen LogP contribution in [0.25, 0.3) is 0 Å². The second-order valence-corrected chi connectivity index (χ2v) is 3.98. The Hall–Kier alpha value is -1.21. The Morgan fingerprint density at radius 1 is 1.71 bits per heavy atom. The standard InChI is InChI=1S/C10H9BrN2O/c1-7(14)10(2,6-12)9-8(11)4-3-5-13-9/h3-5H,1-2H3. The summed E-state index contributed by atoms with van der Waals surface area (Å²) >= 11 is 3.28. The molecule has 0 aromatic carbocycles. The zero-order valence-corrected chi connectivity index (χ0v) is 9.50. The Balaban J connectivity index is 3.36. The molecule has 1 unspecified atom stereocenters. The highest BCUT2D eigenvalue weighted by molar-refractivity contribution is 9.10. The molecule has 3 nitrogen and oxygen atoms in total. The normalized spacial score (nSPS) is 14.1. The first-order chi connectivity index (χ1) is 6.52. The zero-order chi connectivity index (χ0) is 10.8. The third-order valence-corrected chi connectivity index (χ3v) is 2.80. The Morgan fingerprint density at radius 2 is 2.36 bits per heavy atom.